The molecule has 0 aromatic heterocycles. The number of nitrogens with zero attached hydrogens (tertiary/aromatic N) is 3. The lowest BCUT2D eigenvalue weighted by Crippen LogP contribution is -2.50. The number of hydrogen-bond acceptors (Lipinski definition) is 6. The summed E-state index contributed by atoms with van der Waals surface area (Å²) in [7, 11) is 1.60. The average molecular weight is 463 g/mol. The molecular formula is C25H26N4O5. The highest BCUT2D eigenvalue weighted by Crippen LogP contribution is 2.50. The molecule has 34 heavy (non-hydrogen) atoms. The third-order valence-electron chi connectivity index (χ3n) is 6.09. The normalized spacial score (nSPS) is 16.0. The maximum absolute atomic E-state index is 13.4. The lowest BCUT2D eigenvalue weighted by molar-refractivity contribution is -0.162. The molecule has 1 saturated heterocycles. The molecule has 1 aliphatic heterocycles. The van der Waals surface area contributed by atoms with E-state index in [9.17, 15) is 14.4 Å². The first-order chi connectivity index (χ1) is 16.5. The first kappa shape index (κ1) is 23.3. The number of carbonyl (C=O) groups is 3. The van der Waals surface area contributed by atoms with Crippen LogP contribution in [0.3, 0.4) is 0 Å². The van der Waals surface area contributed by atoms with Gasteiger partial charge in [-0.05, 0) is 55.2 Å². The van der Waals surface area contributed by atoms with Crippen LogP contribution in [0.1, 0.15) is 30.4 Å². The molecule has 1 heterocycles. The van der Waals surface area contributed by atoms with Gasteiger partial charge < -0.3 is 14.8 Å². The smallest absolute Gasteiger partial charge is 0.267 e. The summed E-state index contributed by atoms with van der Waals surface area (Å²) in [4.78, 5) is 38.3. The number of hydrogen-bond donors (Lipinski definition) is 1. The van der Waals surface area contributed by atoms with Crippen molar-refractivity contribution in [1.29, 1.82) is 5.26 Å². The van der Waals surface area contributed by atoms with E-state index >= 15 is 0 Å². The van der Waals surface area contributed by atoms with Crippen LogP contribution in [0.4, 0.5) is 5.69 Å². The molecule has 0 bridgehead atoms. The molecule has 0 unspecified atom stereocenters. The fourth-order valence-corrected chi connectivity index (χ4v) is 4.16. The van der Waals surface area contributed by atoms with Crippen molar-refractivity contribution in [3.05, 3.63) is 59.7 Å². The Bertz CT molecular complexity index is 1120. The second kappa shape index (κ2) is 9.93. The molecule has 1 aliphatic carbocycles. The Balaban J connectivity index is 1.31. The van der Waals surface area contributed by atoms with Crippen molar-refractivity contribution in [2.45, 2.75) is 24.7 Å². The van der Waals surface area contributed by atoms with Crippen molar-refractivity contribution in [2.24, 2.45) is 0 Å². The Kier molecular flexibility index (Phi) is 6.80. The number of nitrogens with one attached hydrogen (secondary N) is 1. The van der Waals surface area contributed by atoms with Crippen LogP contribution < -0.4 is 10.1 Å². The summed E-state index contributed by atoms with van der Waals surface area (Å²) in [6.45, 7) is 0.267. The zero-order valence-corrected chi connectivity index (χ0v) is 19.0. The van der Waals surface area contributed by atoms with Gasteiger partial charge >= 0.3 is 0 Å². The van der Waals surface area contributed by atoms with Crippen molar-refractivity contribution >= 4 is 23.4 Å². The van der Waals surface area contributed by atoms with Gasteiger partial charge in [0.05, 0.1) is 24.2 Å². The van der Waals surface area contributed by atoms with Crippen molar-refractivity contribution < 1.29 is 23.9 Å². The quantitative estimate of drug-likeness (QED) is 0.644. The molecule has 9 nitrogen and oxygen atoms in total. The second-order valence-corrected chi connectivity index (χ2v) is 8.34. The van der Waals surface area contributed by atoms with Gasteiger partial charge in [-0.1, -0.05) is 18.2 Å². The second-order valence-electron chi connectivity index (χ2n) is 8.34. The van der Waals surface area contributed by atoms with Gasteiger partial charge in [-0.2, -0.15) is 5.26 Å². The number of nitriles is 1. The zero-order valence-electron chi connectivity index (χ0n) is 19.0. The highest BCUT2D eigenvalue weighted by Gasteiger charge is 2.54. The van der Waals surface area contributed by atoms with E-state index in [0.717, 1.165) is 24.2 Å². The number of amides is 3. The summed E-state index contributed by atoms with van der Waals surface area (Å²) in [5.74, 6) is -0.160. The number of hydrazine groups is 1. The molecule has 2 aromatic rings. The predicted octanol–water partition coefficient (Wildman–Crippen LogP) is 2.23. The van der Waals surface area contributed by atoms with Crippen LogP contribution in [-0.4, -0.2) is 61.2 Å². The van der Waals surface area contributed by atoms with Crippen LogP contribution in [0.5, 0.6) is 5.75 Å². The van der Waals surface area contributed by atoms with Gasteiger partial charge in [0, 0.05) is 18.8 Å². The Labute approximate surface area is 197 Å². The molecule has 176 valence electrons. The number of rotatable bonds is 8. The van der Waals surface area contributed by atoms with Gasteiger partial charge in [0.15, 0.2) is 0 Å². The molecule has 0 spiro atoms. The number of benzene rings is 2. The van der Waals surface area contributed by atoms with Crippen LogP contribution in [0.25, 0.3) is 0 Å². The fourth-order valence-electron chi connectivity index (χ4n) is 4.16. The van der Waals surface area contributed by atoms with Crippen LogP contribution in [-0.2, 0) is 24.5 Å². The highest BCUT2D eigenvalue weighted by atomic mass is 16.5. The van der Waals surface area contributed by atoms with E-state index in [4.69, 9.17) is 14.7 Å². The zero-order chi connectivity index (χ0) is 24.1. The summed E-state index contributed by atoms with van der Waals surface area (Å²) < 4.78 is 10.5. The lowest BCUT2D eigenvalue weighted by Gasteiger charge is -2.31. The van der Waals surface area contributed by atoms with Crippen molar-refractivity contribution in [3.63, 3.8) is 0 Å². The van der Waals surface area contributed by atoms with E-state index in [1.54, 1.807) is 31.4 Å². The Morgan fingerprint density at radius 1 is 1.06 bits per heavy atom. The first-order valence-electron chi connectivity index (χ1n) is 11.1. The molecule has 2 aromatic carbocycles. The van der Waals surface area contributed by atoms with E-state index < -0.39 is 11.3 Å². The lowest BCUT2D eigenvalue weighted by atomic mass is 9.94. The Hall–Kier alpha value is -3.90. The monoisotopic (exact) mass is 462 g/mol. The minimum atomic E-state index is -0.603. The molecule has 3 amide bonds. The molecular weight excluding hydrogens is 436 g/mol. The average Bonchev–Trinajstić information content (AvgIpc) is 3.52. The minimum Gasteiger partial charge on any atom is -0.497 e. The molecule has 4 rings (SSSR count). The van der Waals surface area contributed by atoms with E-state index in [2.05, 4.69) is 5.32 Å². The van der Waals surface area contributed by atoms with Crippen molar-refractivity contribution in [2.75, 3.05) is 38.7 Å². The topological polar surface area (TPSA) is 112 Å². The number of carbonyl (C=O) groups excluding carboxylic acids is 3. The largest absolute Gasteiger partial charge is 0.497 e. The summed E-state index contributed by atoms with van der Waals surface area (Å²) in [6.07, 6.45) is 2.16. The summed E-state index contributed by atoms with van der Waals surface area (Å²) >= 11 is 0. The number of methoxy groups -OCH3 is 1. The third kappa shape index (κ3) is 4.87. The van der Waals surface area contributed by atoms with Gasteiger partial charge in [-0.25, -0.2) is 5.01 Å². The summed E-state index contributed by atoms with van der Waals surface area (Å²) in [5.41, 5.74) is 1.22. The van der Waals surface area contributed by atoms with Gasteiger partial charge in [0.1, 0.15) is 19.0 Å². The Morgan fingerprint density at radius 3 is 2.47 bits per heavy atom. The van der Waals surface area contributed by atoms with Crippen molar-refractivity contribution in [1.82, 2.24) is 10.0 Å². The van der Waals surface area contributed by atoms with Crippen LogP contribution in [0.15, 0.2) is 48.5 Å². The number of ether oxygens (including phenoxy) is 2. The standard InChI is InChI=1S/C25H26N4O5/c1-33-21-8-6-19(7-9-21)25(10-11-25)24(32)29-13-3-12-28(29)23(31)17-34-16-22(30)27-20-5-2-4-18(14-20)15-26/h2,4-9,14H,3,10-13,16-17H2,1H3,(H,27,30). The van der Waals surface area contributed by atoms with Crippen LogP contribution >= 0.6 is 0 Å². The van der Waals surface area contributed by atoms with Crippen LogP contribution in [0, 0.1) is 11.3 Å². The van der Waals surface area contributed by atoms with Gasteiger partial charge in [-0.15, -0.1) is 0 Å². The Morgan fingerprint density at radius 2 is 1.79 bits per heavy atom. The molecule has 9 heteroatoms. The molecule has 2 aliphatic rings. The first-order valence-corrected chi connectivity index (χ1v) is 11.1. The van der Waals surface area contributed by atoms with Crippen molar-refractivity contribution in [3.8, 4) is 11.8 Å². The maximum atomic E-state index is 13.4. The third-order valence-corrected chi connectivity index (χ3v) is 6.09. The summed E-state index contributed by atoms with van der Waals surface area (Å²) in [5, 5.41) is 14.5. The van der Waals surface area contributed by atoms with Crippen LogP contribution in [0.2, 0.25) is 0 Å². The van der Waals surface area contributed by atoms with Gasteiger partial charge in [0.2, 0.25) is 5.91 Å². The molecule has 1 saturated carbocycles. The van der Waals surface area contributed by atoms with E-state index in [0.29, 0.717) is 30.8 Å². The van der Waals surface area contributed by atoms with Gasteiger partial charge in [0.25, 0.3) is 11.8 Å². The van der Waals surface area contributed by atoms with E-state index in [-0.39, 0.29) is 25.0 Å². The molecule has 0 atom stereocenters. The minimum absolute atomic E-state index is 0.0846. The van der Waals surface area contributed by atoms with E-state index in [1.807, 2.05) is 30.3 Å². The molecule has 2 fully saturated rings. The highest BCUT2D eigenvalue weighted by molar-refractivity contribution is 5.94. The molecule has 0 radical (unpaired) electrons. The number of anilines is 1. The van der Waals surface area contributed by atoms with E-state index in [1.165, 1.54) is 10.0 Å². The SMILES string of the molecule is COc1ccc(C2(C(=O)N3CCCN3C(=O)COCC(=O)Nc3cccc(C#N)c3)CC2)cc1. The predicted molar refractivity (Wildman–Crippen MR) is 123 cm³/mol. The van der Waals surface area contributed by atoms with Gasteiger partial charge in [-0.3, -0.25) is 19.4 Å². The summed E-state index contributed by atoms with van der Waals surface area (Å²) in [6, 6.07) is 16.0. The molecule has 1 N–H and O–H groups in total. The fraction of sp³-hybridized carbons (Fsp3) is 0.360. The maximum Gasteiger partial charge on any atom is 0.267 e.